The zero-order chi connectivity index (χ0) is 9.19. The first-order valence-corrected chi connectivity index (χ1v) is 3.87. The number of rotatable bonds is 1. The second-order valence-corrected chi connectivity index (χ2v) is 3.11. The Morgan fingerprint density at radius 3 is 2.33 bits per heavy atom. The quantitative estimate of drug-likeness (QED) is 0.471. The van der Waals surface area contributed by atoms with Crippen LogP contribution in [-0.4, -0.2) is 17.0 Å². The van der Waals surface area contributed by atoms with E-state index in [9.17, 15) is 13.6 Å². The van der Waals surface area contributed by atoms with Crippen LogP contribution in [0.4, 0.5) is 8.78 Å². The monoisotopic (exact) mass is 179 g/mol. The Kier molecular flexibility index (Phi) is 2.62. The van der Waals surface area contributed by atoms with E-state index in [1.165, 1.54) is 5.48 Å². The van der Waals surface area contributed by atoms with Crippen molar-refractivity contribution in [1.29, 1.82) is 0 Å². The van der Waals surface area contributed by atoms with Gasteiger partial charge in [-0.3, -0.25) is 10.0 Å². The van der Waals surface area contributed by atoms with E-state index in [2.05, 4.69) is 0 Å². The Morgan fingerprint density at radius 2 is 1.92 bits per heavy atom. The molecule has 0 unspecified atom stereocenters. The van der Waals surface area contributed by atoms with Crippen molar-refractivity contribution in [2.75, 3.05) is 0 Å². The Hall–Kier alpha value is -0.710. The molecule has 1 saturated carbocycles. The first-order valence-electron chi connectivity index (χ1n) is 3.87. The van der Waals surface area contributed by atoms with E-state index in [0.717, 1.165) is 0 Å². The molecule has 1 amide bonds. The van der Waals surface area contributed by atoms with Crippen molar-refractivity contribution in [1.82, 2.24) is 5.48 Å². The summed E-state index contributed by atoms with van der Waals surface area (Å²) in [6, 6.07) is 0. The Bertz CT molecular complexity index is 174. The molecule has 70 valence electrons. The van der Waals surface area contributed by atoms with Gasteiger partial charge in [-0.2, -0.15) is 0 Å². The largest absolute Gasteiger partial charge is 0.289 e. The molecule has 0 radical (unpaired) electrons. The summed E-state index contributed by atoms with van der Waals surface area (Å²) >= 11 is 0. The molecule has 0 saturated heterocycles. The van der Waals surface area contributed by atoms with Crippen molar-refractivity contribution in [2.45, 2.75) is 31.6 Å². The van der Waals surface area contributed by atoms with Gasteiger partial charge in [0.05, 0.1) is 0 Å². The highest BCUT2D eigenvalue weighted by molar-refractivity contribution is 5.77. The maximum absolute atomic E-state index is 12.6. The number of hydrogen-bond donors (Lipinski definition) is 2. The van der Waals surface area contributed by atoms with Gasteiger partial charge in [-0.25, -0.2) is 14.3 Å². The summed E-state index contributed by atoms with van der Waals surface area (Å²) in [5.74, 6) is -3.62. The van der Waals surface area contributed by atoms with E-state index < -0.39 is 17.7 Å². The lowest BCUT2D eigenvalue weighted by Crippen LogP contribution is -2.34. The minimum absolute atomic E-state index is 0.152. The number of alkyl halides is 2. The van der Waals surface area contributed by atoms with Gasteiger partial charge in [0.15, 0.2) is 0 Å². The van der Waals surface area contributed by atoms with Gasteiger partial charge >= 0.3 is 0 Å². The molecule has 0 spiro atoms. The minimum atomic E-state index is -2.62. The molecule has 0 aromatic heterocycles. The van der Waals surface area contributed by atoms with Gasteiger partial charge < -0.3 is 0 Å². The fourth-order valence-electron chi connectivity index (χ4n) is 1.39. The van der Waals surface area contributed by atoms with Crippen LogP contribution in [0.5, 0.6) is 0 Å². The molecule has 0 aromatic carbocycles. The highest BCUT2D eigenvalue weighted by atomic mass is 19.3. The normalized spacial score (nSPS) is 23.6. The van der Waals surface area contributed by atoms with Crippen molar-refractivity contribution in [2.24, 2.45) is 5.92 Å². The van der Waals surface area contributed by atoms with Gasteiger partial charge in [-0.05, 0) is 12.8 Å². The van der Waals surface area contributed by atoms with E-state index in [1.807, 2.05) is 0 Å². The second-order valence-electron chi connectivity index (χ2n) is 3.11. The lowest BCUT2D eigenvalue weighted by Gasteiger charge is -2.26. The third kappa shape index (κ3) is 2.14. The summed E-state index contributed by atoms with van der Waals surface area (Å²) in [5.41, 5.74) is 1.48. The van der Waals surface area contributed by atoms with Crippen LogP contribution in [0, 0.1) is 5.92 Å². The van der Waals surface area contributed by atoms with Crippen molar-refractivity contribution in [3.8, 4) is 0 Å². The zero-order valence-corrected chi connectivity index (χ0v) is 6.52. The summed E-state index contributed by atoms with van der Waals surface area (Å²) < 4.78 is 25.1. The number of nitrogens with one attached hydrogen (secondary N) is 1. The SMILES string of the molecule is O=C(NO)C1CCC(F)(F)CC1. The summed E-state index contributed by atoms with van der Waals surface area (Å²) in [5, 5.41) is 8.23. The lowest BCUT2D eigenvalue weighted by atomic mass is 9.86. The second kappa shape index (κ2) is 3.35. The van der Waals surface area contributed by atoms with Crippen LogP contribution >= 0.6 is 0 Å². The molecule has 0 atom stereocenters. The Balaban J connectivity index is 2.41. The van der Waals surface area contributed by atoms with Gasteiger partial charge in [0.25, 0.3) is 0 Å². The molecule has 1 fully saturated rings. The van der Waals surface area contributed by atoms with Gasteiger partial charge in [0.1, 0.15) is 0 Å². The minimum Gasteiger partial charge on any atom is -0.289 e. The Labute approximate surface area is 68.7 Å². The predicted molar refractivity (Wildman–Crippen MR) is 36.8 cm³/mol. The molecule has 3 nitrogen and oxygen atoms in total. The first kappa shape index (κ1) is 9.38. The predicted octanol–water partition coefficient (Wildman–Crippen LogP) is 1.32. The van der Waals surface area contributed by atoms with E-state index in [4.69, 9.17) is 5.21 Å². The van der Waals surface area contributed by atoms with Gasteiger partial charge in [0.2, 0.25) is 11.8 Å². The zero-order valence-electron chi connectivity index (χ0n) is 6.52. The molecule has 1 aliphatic rings. The van der Waals surface area contributed by atoms with Crippen molar-refractivity contribution in [3.63, 3.8) is 0 Å². The number of carbonyl (C=O) groups excluding carboxylic acids is 1. The van der Waals surface area contributed by atoms with Crippen LogP contribution in [0.15, 0.2) is 0 Å². The van der Waals surface area contributed by atoms with E-state index in [0.29, 0.717) is 0 Å². The van der Waals surface area contributed by atoms with Crippen LogP contribution in [-0.2, 0) is 4.79 Å². The molecule has 12 heavy (non-hydrogen) atoms. The first-order chi connectivity index (χ1) is 5.55. The highest BCUT2D eigenvalue weighted by Gasteiger charge is 2.37. The summed E-state index contributed by atoms with van der Waals surface area (Å²) in [4.78, 5) is 10.8. The number of halogens is 2. The summed E-state index contributed by atoms with van der Waals surface area (Å²) in [7, 11) is 0. The fourth-order valence-corrected chi connectivity index (χ4v) is 1.39. The van der Waals surface area contributed by atoms with Gasteiger partial charge in [0, 0.05) is 18.8 Å². The molecule has 1 aliphatic carbocycles. The van der Waals surface area contributed by atoms with Gasteiger partial charge in [-0.15, -0.1) is 0 Å². The number of carbonyl (C=O) groups is 1. The molecular formula is C7H11F2NO2. The van der Waals surface area contributed by atoms with Crippen LogP contribution in [0.25, 0.3) is 0 Å². The smallest absolute Gasteiger partial charge is 0.248 e. The highest BCUT2D eigenvalue weighted by Crippen LogP contribution is 2.35. The fraction of sp³-hybridized carbons (Fsp3) is 0.857. The molecule has 5 heteroatoms. The van der Waals surface area contributed by atoms with E-state index >= 15 is 0 Å². The summed E-state index contributed by atoms with van der Waals surface area (Å²) in [6.07, 6.45) is -0.213. The van der Waals surface area contributed by atoms with E-state index in [-0.39, 0.29) is 25.7 Å². The lowest BCUT2D eigenvalue weighted by molar-refractivity contribution is -0.137. The van der Waals surface area contributed by atoms with Crippen LogP contribution < -0.4 is 5.48 Å². The van der Waals surface area contributed by atoms with Crippen LogP contribution in [0.2, 0.25) is 0 Å². The number of hydroxylamine groups is 1. The maximum atomic E-state index is 12.6. The molecule has 2 N–H and O–H groups in total. The maximum Gasteiger partial charge on any atom is 0.248 e. The third-order valence-corrected chi connectivity index (χ3v) is 2.20. The molecule has 0 heterocycles. The van der Waals surface area contributed by atoms with Crippen LogP contribution in [0.3, 0.4) is 0 Å². The Morgan fingerprint density at radius 1 is 1.42 bits per heavy atom. The third-order valence-electron chi connectivity index (χ3n) is 2.20. The van der Waals surface area contributed by atoms with Crippen molar-refractivity contribution >= 4 is 5.91 Å². The molecule has 1 rings (SSSR count). The standard InChI is InChI=1S/C7H11F2NO2/c8-7(9)3-1-5(2-4-7)6(11)10-12/h5,12H,1-4H2,(H,10,11). The molecule has 0 aliphatic heterocycles. The molecule has 0 bridgehead atoms. The number of hydrogen-bond acceptors (Lipinski definition) is 2. The molecule has 0 aromatic rings. The topological polar surface area (TPSA) is 49.3 Å². The average Bonchev–Trinajstić information content (AvgIpc) is 2.03. The van der Waals surface area contributed by atoms with Crippen molar-refractivity contribution in [3.05, 3.63) is 0 Å². The van der Waals surface area contributed by atoms with Gasteiger partial charge in [-0.1, -0.05) is 0 Å². The van der Waals surface area contributed by atoms with E-state index in [1.54, 1.807) is 0 Å². The average molecular weight is 179 g/mol. The van der Waals surface area contributed by atoms with Crippen LogP contribution in [0.1, 0.15) is 25.7 Å². The van der Waals surface area contributed by atoms with Crippen molar-refractivity contribution < 1.29 is 18.8 Å². The summed E-state index contributed by atoms with van der Waals surface area (Å²) in [6.45, 7) is 0. The number of amides is 1. The molecular weight excluding hydrogens is 168 g/mol.